The number of rotatable bonds is 2. The van der Waals surface area contributed by atoms with Crippen LogP contribution in [0, 0.1) is 23.1 Å². The Morgan fingerprint density at radius 2 is 1.89 bits per heavy atom. The van der Waals surface area contributed by atoms with Gasteiger partial charge in [-0.3, -0.25) is 4.79 Å². The zero-order chi connectivity index (χ0) is 19.5. The maximum atomic E-state index is 15.2. The number of ether oxygens (including phenoxy) is 1. The van der Waals surface area contributed by atoms with Gasteiger partial charge in [-0.1, -0.05) is 39.0 Å². The number of nitrogens with two attached hydrogens (primary N) is 1. The first-order chi connectivity index (χ1) is 13.4. The van der Waals surface area contributed by atoms with Crippen molar-refractivity contribution in [3.63, 3.8) is 0 Å². The number of fused-ring (bicyclic) bond motifs is 3. The highest BCUT2D eigenvalue weighted by Gasteiger charge is 2.64. The van der Waals surface area contributed by atoms with E-state index in [1.54, 1.807) is 0 Å². The van der Waals surface area contributed by atoms with Crippen molar-refractivity contribution in [1.29, 1.82) is 0 Å². The fraction of sp³-hybridized carbons (Fsp3) is 0.708. The Kier molecular flexibility index (Phi) is 4.35. The quantitative estimate of drug-likeness (QED) is 0.574. The molecule has 1 aromatic carbocycles. The molecule has 3 nitrogen and oxygen atoms in total. The van der Waals surface area contributed by atoms with Crippen LogP contribution in [0.15, 0.2) is 12.1 Å². The van der Waals surface area contributed by atoms with Crippen LogP contribution in [0.3, 0.4) is 0 Å². The molecule has 3 fully saturated rings. The lowest BCUT2D eigenvalue weighted by molar-refractivity contribution is -0.140. The van der Waals surface area contributed by atoms with Crippen LogP contribution in [0.2, 0.25) is 0 Å². The van der Waals surface area contributed by atoms with E-state index in [2.05, 4.69) is 6.92 Å². The predicted octanol–water partition coefficient (Wildman–Crippen LogP) is 5.03. The summed E-state index contributed by atoms with van der Waals surface area (Å²) in [6.45, 7) is 2.21. The van der Waals surface area contributed by atoms with E-state index in [4.69, 9.17) is 10.5 Å². The normalized spacial score (nSPS) is 37.2. The lowest BCUT2D eigenvalue weighted by Gasteiger charge is -2.48. The third-order valence-corrected chi connectivity index (χ3v) is 8.53. The highest BCUT2D eigenvalue weighted by molar-refractivity contribution is 5.75. The second-order valence-corrected chi connectivity index (χ2v) is 10.1. The van der Waals surface area contributed by atoms with Crippen molar-refractivity contribution in [3.8, 4) is 5.75 Å². The number of esters is 1. The fourth-order valence-electron chi connectivity index (χ4n) is 6.70. The first-order valence-electron chi connectivity index (χ1n) is 11.2. The van der Waals surface area contributed by atoms with Crippen LogP contribution in [-0.2, 0) is 16.6 Å². The molecule has 4 aliphatic rings. The predicted molar refractivity (Wildman–Crippen MR) is 107 cm³/mol. The molecule has 2 bridgehead atoms. The molecule has 1 unspecified atom stereocenters. The average Bonchev–Trinajstić information content (AvgIpc) is 3.38. The van der Waals surface area contributed by atoms with Gasteiger partial charge in [0.15, 0.2) is 0 Å². The summed E-state index contributed by atoms with van der Waals surface area (Å²) in [7, 11) is 0. The first-order valence-corrected chi connectivity index (χ1v) is 11.2. The molecule has 0 aromatic heterocycles. The van der Waals surface area contributed by atoms with E-state index in [1.807, 2.05) is 6.07 Å². The third kappa shape index (κ3) is 2.74. The molecular weight excluding hydrogens is 353 g/mol. The molecule has 0 aliphatic heterocycles. The SMILES string of the molecule is C[C@@]12CCCC[C@H]3CC3(Cc3c(F)cc(OC(=O)C4CCCCC4)cc31)[C@@H]2N. The van der Waals surface area contributed by atoms with Crippen molar-refractivity contribution in [2.75, 3.05) is 0 Å². The van der Waals surface area contributed by atoms with E-state index in [0.717, 1.165) is 62.5 Å². The maximum absolute atomic E-state index is 15.2. The smallest absolute Gasteiger partial charge is 0.314 e. The summed E-state index contributed by atoms with van der Waals surface area (Å²) in [6.07, 6.45) is 11.6. The molecule has 0 heterocycles. The Morgan fingerprint density at radius 3 is 2.68 bits per heavy atom. The van der Waals surface area contributed by atoms with Gasteiger partial charge in [0, 0.05) is 17.5 Å². The number of carbonyl (C=O) groups excluding carboxylic acids is 1. The topological polar surface area (TPSA) is 52.3 Å². The minimum atomic E-state index is -0.239. The van der Waals surface area contributed by atoms with Gasteiger partial charge >= 0.3 is 5.97 Å². The van der Waals surface area contributed by atoms with Gasteiger partial charge in [-0.15, -0.1) is 0 Å². The summed E-state index contributed by atoms with van der Waals surface area (Å²) in [5.74, 6) is 0.569. The molecule has 4 heteroatoms. The van der Waals surface area contributed by atoms with Gasteiger partial charge in [-0.05, 0) is 67.1 Å². The molecule has 0 saturated heterocycles. The zero-order valence-electron chi connectivity index (χ0n) is 16.9. The molecule has 28 heavy (non-hydrogen) atoms. The zero-order valence-corrected chi connectivity index (χ0v) is 16.9. The number of hydrogen-bond acceptors (Lipinski definition) is 3. The van der Waals surface area contributed by atoms with Gasteiger partial charge in [0.2, 0.25) is 0 Å². The van der Waals surface area contributed by atoms with Gasteiger partial charge in [0.05, 0.1) is 5.92 Å². The minimum Gasteiger partial charge on any atom is -0.426 e. The lowest BCUT2D eigenvalue weighted by atomic mass is 9.58. The van der Waals surface area contributed by atoms with E-state index in [-0.39, 0.29) is 34.6 Å². The molecule has 4 atom stereocenters. The Hall–Kier alpha value is -1.42. The molecule has 3 saturated carbocycles. The van der Waals surface area contributed by atoms with E-state index in [0.29, 0.717) is 11.7 Å². The van der Waals surface area contributed by atoms with Crippen LogP contribution in [0.25, 0.3) is 0 Å². The Balaban J connectivity index is 1.49. The largest absolute Gasteiger partial charge is 0.426 e. The maximum Gasteiger partial charge on any atom is 0.314 e. The summed E-state index contributed by atoms with van der Waals surface area (Å²) < 4.78 is 20.9. The van der Waals surface area contributed by atoms with Crippen molar-refractivity contribution in [1.82, 2.24) is 0 Å². The van der Waals surface area contributed by atoms with Gasteiger partial charge in [0.25, 0.3) is 0 Å². The van der Waals surface area contributed by atoms with Crippen molar-refractivity contribution in [2.45, 2.75) is 89.0 Å². The number of carbonyl (C=O) groups is 1. The summed E-state index contributed by atoms with van der Waals surface area (Å²) in [5, 5.41) is 0. The van der Waals surface area contributed by atoms with E-state index in [9.17, 15) is 4.79 Å². The summed E-state index contributed by atoms with van der Waals surface area (Å²) >= 11 is 0. The molecule has 0 radical (unpaired) electrons. The average molecular weight is 386 g/mol. The van der Waals surface area contributed by atoms with Crippen LogP contribution in [0.4, 0.5) is 4.39 Å². The Labute approximate surface area is 167 Å². The van der Waals surface area contributed by atoms with E-state index >= 15 is 4.39 Å². The van der Waals surface area contributed by atoms with Crippen LogP contribution < -0.4 is 10.5 Å². The summed E-state index contributed by atoms with van der Waals surface area (Å²) in [5.41, 5.74) is 8.53. The van der Waals surface area contributed by atoms with Crippen molar-refractivity contribution < 1.29 is 13.9 Å². The molecule has 152 valence electrons. The van der Waals surface area contributed by atoms with E-state index < -0.39 is 0 Å². The van der Waals surface area contributed by atoms with Gasteiger partial charge < -0.3 is 10.5 Å². The monoisotopic (exact) mass is 385 g/mol. The van der Waals surface area contributed by atoms with E-state index in [1.165, 1.54) is 25.3 Å². The molecule has 1 spiro atoms. The van der Waals surface area contributed by atoms with Crippen LogP contribution in [0.1, 0.15) is 82.3 Å². The summed E-state index contributed by atoms with van der Waals surface area (Å²) in [4.78, 5) is 12.6. The first kappa shape index (κ1) is 18.6. The second-order valence-electron chi connectivity index (χ2n) is 10.1. The van der Waals surface area contributed by atoms with Crippen LogP contribution >= 0.6 is 0 Å². The minimum absolute atomic E-state index is 0.0393. The number of hydrogen-bond donors (Lipinski definition) is 1. The fourth-order valence-corrected chi connectivity index (χ4v) is 6.70. The second kappa shape index (κ2) is 6.55. The van der Waals surface area contributed by atoms with Gasteiger partial charge in [0.1, 0.15) is 11.6 Å². The number of halogens is 1. The van der Waals surface area contributed by atoms with Crippen LogP contribution in [-0.4, -0.2) is 12.0 Å². The van der Waals surface area contributed by atoms with Crippen molar-refractivity contribution in [2.24, 2.45) is 23.0 Å². The highest BCUT2D eigenvalue weighted by Crippen LogP contribution is 2.66. The molecule has 5 rings (SSSR count). The van der Waals surface area contributed by atoms with Gasteiger partial charge in [-0.2, -0.15) is 0 Å². The Bertz CT molecular complexity index is 802. The highest BCUT2D eigenvalue weighted by atomic mass is 19.1. The molecular formula is C24H32FNO2. The number of benzene rings is 1. The van der Waals surface area contributed by atoms with Crippen LogP contribution in [0.5, 0.6) is 5.75 Å². The lowest BCUT2D eigenvalue weighted by Crippen LogP contribution is -2.55. The standard InChI is InChI=1S/C24H32FNO2/c1-23-10-6-5-9-16-13-24(16,22(23)26)14-18-19(23)11-17(12-20(18)25)28-21(27)15-7-3-2-4-8-15/h11-12,15-16,22H,2-10,13-14,26H2,1H3/t16-,22+,23+,24?/m0/s1. The van der Waals surface area contributed by atoms with Gasteiger partial charge in [-0.25, -0.2) is 4.39 Å². The molecule has 4 aliphatic carbocycles. The Morgan fingerprint density at radius 1 is 1.14 bits per heavy atom. The third-order valence-electron chi connectivity index (χ3n) is 8.53. The van der Waals surface area contributed by atoms with Crippen molar-refractivity contribution in [3.05, 3.63) is 29.1 Å². The molecule has 2 N–H and O–H groups in total. The molecule has 0 amide bonds. The summed E-state index contributed by atoms with van der Waals surface area (Å²) in [6, 6.07) is 3.43. The van der Waals surface area contributed by atoms with Crippen molar-refractivity contribution >= 4 is 5.97 Å². The molecule has 1 aromatic rings.